The second kappa shape index (κ2) is 4.57. The zero-order valence-electron chi connectivity index (χ0n) is 10.3. The Morgan fingerprint density at radius 1 is 1.11 bits per heavy atom. The summed E-state index contributed by atoms with van der Waals surface area (Å²) < 4.78 is 0. The van der Waals surface area contributed by atoms with Gasteiger partial charge in [0.1, 0.15) is 0 Å². The van der Waals surface area contributed by atoms with Crippen molar-refractivity contribution in [3.8, 4) is 0 Å². The number of aliphatic imine (C=N–C) groups is 1. The van der Waals surface area contributed by atoms with Crippen molar-refractivity contribution in [2.45, 2.75) is 6.42 Å². The van der Waals surface area contributed by atoms with Gasteiger partial charge < -0.3 is 11.1 Å². The highest BCUT2D eigenvalue weighted by atomic mass is 16.1. The van der Waals surface area contributed by atoms with E-state index in [4.69, 9.17) is 5.73 Å². The van der Waals surface area contributed by atoms with Crippen molar-refractivity contribution in [2.24, 2.45) is 4.99 Å². The molecule has 2 aromatic rings. The summed E-state index contributed by atoms with van der Waals surface area (Å²) in [4.78, 5) is 16.5. The van der Waals surface area contributed by atoms with Gasteiger partial charge >= 0.3 is 0 Å². The summed E-state index contributed by atoms with van der Waals surface area (Å²) in [5.74, 6) is -0.0638. The first-order chi connectivity index (χ1) is 9.22. The van der Waals surface area contributed by atoms with Crippen LogP contribution in [-0.4, -0.2) is 11.6 Å². The fraction of sp³-hybridized carbons (Fsp3) is 0.0667. The zero-order valence-corrected chi connectivity index (χ0v) is 10.3. The van der Waals surface area contributed by atoms with E-state index >= 15 is 0 Å². The highest BCUT2D eigenvalue weighted by Gasteiger charge is 2.16. The number of nitrogens with one attached hydrogen (secondary N) is 1. The molecular formula is C15H13N3O. The van der Waals surface area contributed by atoms with Gasteiger partial charge in [-0.2, -0.15) is 0 Å². The fourth-order valence-electron chi connectivity index (χ4n) is 2.08. The number of carbonyl (C=O) groups is 1. The van der Waals surface area contributed by atoms with Gasteiger partial charge in [0.05, 0.1) is 23.5 Å². The Morgan fingerprint density at radius 2 is 1.89 bits per heavy atom. The molecule has 1 aliphatic rings. The lowest BCUT2D eigenvalue weighted by molar-refractivity contribution is -0.115. The van der Waals surface area contributed by atoms with E-state index in [1.54, 1.807) is 18.2 Å². The van der Waals surface area contributed by atoms with Crippen molar-refractivity contribution >= 4 is 28.7 Å². The lowest BCUT2D eigenvalue weighted by Crippen LogP contribution is -2.14. The second-order valence-corrected chi connectivity index (χ2v) is 4.43. The molecule has 0 aliphatic carbocycles. The molecule has 19 heavy (non-hydrogen) atoms. The predicted octanol–water partition coefficient (Wildman–Crippen LogP) is 2.73. The van der Waals surface area contributed by atoms with Crippen LogP contribution in [0.2, 0.25) is 0 Å². The number of hydrogen-bond acceptors (Lipinski definition) is 3. The molecule has 0 fully saturated rings. The van der Waals surface area contributed by atoms with E-state index in [9.17, 15) is 4.79 Å². The summed E-state index contributed by atoms with van der Waals surface area (Å²) in [6, 6.07) is 15.0. The van der Waals surface area contributed by atoms with E-state index < -0.39 is 0 Å². The largest absolute Gasteiger partial charge is 0.399 e. The molecule has 1 aliphatic heterocycles. The van der Waals surface area contributed by atoms with Crippen molar-refractivity contribution in [3.63, 3.8) is 0 Å². The molecule has 4 heteroatoms. The molecule has 3 N–H and O–H groups in total. The van der Waals surface area contributed by atoms with E-state index in [-0.39, 0.29) is 12.3 Å². The van der Waals surface area contributed by atoms with Gasteiger partial charge in [0.25, 0.3) is 0 Å². The highest BCUT2D eigenvalue weighted by Crippen LogP contribution is 2.30. The van der Waals surface area contributed by atoms with Crippen molar-refractivity contribution in [1.82, 2.24) is 0 Å². The van der Waals surface area contributed by atoms with Crippen LogP contribution >= 0.6 is 0 Å². The Balaban J connectivity index is 2.12. The van der Waals surface area contributed by atoms with Gasteiger partial charge in [-0.25, -0.2) is 0 Å². The summed E-state index contributed by atoms with van der Waals surface area (Å²) in [5.41, 5.74) is 9.50. The van der Waals surface area contributed by atoms with Gasteiger partial charge in [0.15, 0.2) is 0 Å². The van der Waals surface area contributed by atoms with Crippen LogP contribution in [0, 0.1) is 0 Å². The first kappa shape index (κ1) is 11.5. The number of nitrogen functional groups attached to an aromatic ring is 1. The third-order valence-electron chi connectivity index (χ3n) is 2.99. The number of benzene rings is 2. The first-order valence-corrected chi connectivity index (χ1v) is 6.05. The third-order valence-corrected chi connectivity index (χ3v) is 2.99. The molecule has 0 radical (unpaired) electrons. The average molecular weight is 251 g/mol. The zero-order chi connectivity index (χ0) is 13.2. The van der Waals surface area contributed by atoms with Crippen molar-refractivity contribution < 1.29 is 4.79 Å². The van der Waals surface area contributed by atoms with E-state index in [1.165, 1.54) is 0 Å². The van der Waals surface area contributed by atoms with Gasteiger partial charge in [0.2, 0.25) is 5.91 Å². The summed E-state index contributed by atoms with van der Waals surface area (Å²) >= 11 is 0. The number of amides is 1. The Kier molecular flexibility index (Phi) is 2.76. The highest BCUT2D eigenvalue weighted by molar-refractivity contribution is 6.16. The molecule has 0 spiro atoms. The number of rotatable bonds is 1. The monoisotopic (exact) mass is 251 g/mol. The van der Waals surface area contributed by atoms with Crippen LogP contribution in [0.1, 0.15) is 12.0 Å². The first-order valence-electron chi connectivity index (χ1n) is 6.05. The summed E-state index contributed by atoms with van der Waals surface area (Å²) in [7, 11) is 0. The topological polar surface area (TPSA) is 67.5 Å². The van der Waals surface area contributed by atoms with Crippen LogP contribution in [-0.2, 0) is 4.79 Å². The molecule has 0 atom stereocenters. The quantitative estimate of drug-likeness (QED) is 0.765. The van der Waals surface area contributed by atoms with Crippen molar-refractivity contribution in [2.75, 3.05) is 11.1 Å². The Hall–Kier alpha value is -2.62. The molecule has 4 nitrogen and oxygen atoms in total. The van der Waals surface area contributed by atoms with Gasteiger partial charge in [-0.3, -0.25) is 9.79 Å². The average Bonchev–Trinajstić information content (AvgIpc) is 2.58. The number of nitrogens with two attached hydrogens (primary N) is 1. The number of carbonyl (C=O) groups excluding carboxylic acids is 1. The standard InChI is InChI=1S/C15H13N3O/c16-11-6-7-12-14(8-11)17-13(9-15(19)18-12)10-4-2-1-3-5-10/h1-8H,9,16H2,(H,18,19). The van der Waals surface area contributed by atoms with Crippen LogP contribution in [0.5, 0.6) is 0 Å². The van der Waals surface area contributed by atoms with Crippen molar-refractivity contribution in [1.29, 1.82) is 0 Å². The molecule has 0 unspecified atom stereocenters. The van der Waals surface area contributed by atoms with E-state index in [0.29, 0.717) is 17.1 Å². The van der Waals surface area contributed by atoms with Crippen LogP contribution in [0.4, 0.5) is 17.1 Å². The molecule has 2 aromatic carbocycles. The molecule has 0 saturated heterocycles. The van der Waals surface area contributed by atoms with Crippen LogP contribution in [0.15, 0.2) is 53.5 Å². The number of fused-ring (bicyclic) bond motifs is 1. The Morgan fingerprint density at radius 3 is 2.68 bits per heavy atom. The Bertz CT molecular complexity index is 662. The molecule has 1 heterocycles. The fourth-order valence-corrected chi connectivity index (χ4v) is 2.08. The maximum atomic E-state index is 11.9. The molecule has 94 valence electrons. The maximum absolute atomic E-state index is 11.9. The molecule has 1 amide bonds. The normalized spacial score (nSPS) is 14.1. The van der Waals surface area contributed by atoms with Gasteiger partial charge in [-0.15, -0.1) is 0 Å². The summed E-state index contributed by atoms with van der Waals surface area (Å²) in [6.45, 7) is 0. The number of hydrogen-bond donors (Lipinski definition) is 2. The molecular weight excluding hydrogens is 238 g/mol. The minimum Gasteiger partial charge on any atom is -0.399 e. The lowest BCUT2D eigenvalue weighted by atomic mass is 10.1. The Labute approximate surface area is 111 Å². The van der Waals surface area contributed by atoms with Crippen molar-refractivity contribution in [3.05, 3.63) is 54.1 Å². The van der Waals surface area contributed by atoms with Gasteiger partial charge in [-0.05, 0) is 23.8 Å². The molecule has 0 aromatic heterocycles. The van der Waals surface area contributed by atoms with E-state index in [0.717, 1.165) is 11.3 Å². The summed E-state index contributed by atoms with van der Waals surface area (Å²) in [5, 5.41) is 2.84. The van der Waals surface area contributed by atoms with Crippen LogP contribution in [0.25, 0.3) is 0 Å². The van der Waals surface area contributed by atoms with Crippen LogP contribution in [0.3, 0.4) is 0 Å². The summed E-state index contributed by atoms with van der Waals surface area (Å²) in [6.07, 6.45) is 0.262. The molecule has 0 bridgehead atoms. The maximum Gasteiger partial charge on any atom is 0.230 e. The van der Waals surface area contributed by atoms with E-state index in [1.807, 2.05) is 30.3 Å². The van der Waals surface area contributed by atoms with E-state index in [2.05, 4.69) is 10.3 Å². The smallest absolute Gasteiger partial charge is 0.230 e. The SMILES string of the molecule is Nc1ccc2c(c1)N=C(c1ccccc1)CC(=O)N2. The molecule has 0 saturated carbocycles. The minimum atomic E-state index is -0.0638. The third kappa shape index (κ3) is 2.33. The number of nitrogens with zero attached hydrogens (tertiary/aromatic N) is 1. The number of anilines is 2. The van der Waals surface area contributed by atoms with Crippen LogP contribution < -0.4 is 11.1 Å². The minimum absolute atomic E-state index is 0.0638. The van der Waals surface area contributed by atoms with Gasteiger partial charge in [0, 0.05) is 5.69 Å². The second-order valence-electron chi connectivity index (χ2n) is 4.43. The predicted molar refractivity (Wildman–Crippen MR) is 76.7 cm³/mol. The lowest BCUT2D eigenvalue weighted by Gasteiger charge is -2.04. The van der Waals surface area contributed by atoms with Gasteiger partial charge in [-0.1, -0.05) is 30.3 Å². The molecule has 3 rings (SSSR count).